The molecule has 1 N–H and O–H groups in total. The molecule has 0 saturated heterocycles. The zero-order chi connectivity index (χ0) is 64.7. The third-order valence-corrected chi connectivity index (χ3v) is 19.1. The molecule has 0 saturated carbocycles. The van der Waals surface area contributed by atoms with E-state index in [0.717, 1.165) is 44.9 Å². The summed E-state index contributed by atoms with van der Waals surface area (Å²) in [6.45, 7) is 4.20. The average molecular weight is 1260 g/mol. The van der Waals surface area contributed by atoms with E-state index in [1.807, 2.05) is 0 Å². The molecule has 1 unspecified atom stereocenters. The summed E-state index contributed by atoms with van der Waals surface area (Å²) in [5.74, 6) is -0.561. The van der Waals surface area contributed by atoms with Gasteiger partial charge in [0, 0.05) is 12.8 Å². The summed E-state index contributed by atoms with van der Waals surface area (Å²) in [4.78, 5) is 24.7. The summed E-state index contributed by atoms with van der Waals surface area (Å²) in [5.41, 5.74) is 0. The molecule has 0 aromatic heterocycles. The summed E-state index contributed by atoms with van der Waals surface area (Å²) in [5, 5.41) is 9.73. The fraction of sp³-hybridized carbons (Fsp3) is 0.882. The predicted molar refractivity (Wildman–Crippen MR) is 399 cm³/mol. The van der Waals surface area contributed by atoms with E-state index < -0.39 is 6.10 Å². The molecule has 90 heavy (non-hydrogen) atoms. The second-order valence-corrected chi connectivity index (χ2v) is 28.2. The Kier molecular flexibility index (Phi) is 79.2. The third-order valence-electron chi connectivity index (χ3n) is 19.1. The smallest absolute Gasteiger partial charge is 0.306 e. The summed E-state index contributed by atoms with van der Waals surface area (Å²) < 4.78 is 10.8. The van der Waals surface area contributed by atoms with Gasteiger partial charge in [0.25, 0.3) is 0 Å². The molecule has 0 heterocycles. The SMILES string of the molecule is CCCCCCC/C=C\C/C=C\C/C=C\CCCCCCCCCCCCCCCCCCCCCCCCCCCCC(=O)OC(CO)COC(=O)CCCCCCCCCCCCCCCCCCCCCCCCC/C=C\CCCCCCCCCC. The molecule has 0 aliphatic rings. The molecule has 0 bridgehead atoms. The zero-order valence-electron chi connectivity index (χ0n) is 61.2. The monoisotopic (exact) mass is 1260 g/mol. The van der Waals surface area contributed by atoms with Crippen LogP contribution in [0.5, 0.6) is 0 Å². The molecule has 530 valence electrons. The number of aliphatic hydroxyl groups excluding tert-OH is 1. The van der Waals surface area contributed by atoms with Crippen molar-refractivity contribution in [2.45, 2.75) is 469 Å². The maximum absolute atomic E-state index is 12.4. The van der Waals surface area contributed by atoms with Crippen LogP contribution in [0.15, 0.2) is 48.6 Å². The molecule has 0 radical (unpaired) electrons. The van der Waals surface area contributed by atoms with Crippen LogP contribution in [0.25, 0.3) is 0 Å². The van der Waals surface area contributed by atoms with Gasteiger partial charge in [-0.3, -0.25) is 9.59 Å². The predicted octanol–water partition coefficient (Wildman–Crippen LogP) is 29.0. The van der Waals surface area contributed by atoms with Gasteiger partial charge in [-0.2, -0.15) is 0 Å². The number of aliphatic hydroxyl groups is 1. The van der Waals surface area contributed by atoms with Crippen molar-refractivity contribution in [2.24, 2.45) is 0 Å². The van der Waals surface area contributed by atoms with E-state index in [9.17, 15) is 14.7 Å². The Balaban J connectivity index is 3.36. The van der Waals surface area contributed by atoms with Crippen LogP contribution in [0.1, 0.15) is 463 Å². The highest BCUT2D eigenvalue weighted by molar-refractivity contribution is 5.70. The maximum Gasteiger partial charge on any atom is 0.306 e. The minimum absolute atomic E-state index is 0.0585. The van der Waals surface area contributed by atoms with Gasteiger partial charge in [0.15, 0.2) is 6.10 Å². The van der Waals surface area contributed by atoms with Crippen LogP contribution >= 0.6 is 0 Å². The van der Waals surface area contributed by atoms with E-state index in [2.05, 4.69) is 62.5 Å². The Morgan fingerprint density at radius 1 is 0.256 bits per heavy atom. The van der Waals surface area contributed by atoms with E-state index in [4.69, 9.17) is 9.47 Å². The van der Waals surface area contributed by atoms with Crippen molar-refractivity contribution in [3.8, 4) is 0 Å². The Hall–Kier alpha value is -2.14. The summed E-state index contributed by atoms with van der Waals surface area (Å²) in [6, 6.07) is 0. The van der Waals surface area contributed by atoms with Crippen LogP contribution in [0, 0.1) is 0 Å². The molecule has 5 nitrogen and oxygen atoms in total. The quantitative estimate of drug-likeness (QED) is 0.0373. The number of carbonyl (C=O) groups excluding carboxylic acids is 2. The first-order valence-corrected chi connectivity index (χ1v) is 41.2. The normalized spacial score (nSPS) is 12.3. The van der Waals surface area contributed by atoms with Gasteiger partial charge in [-0.05, 0) is 77.0 Å². The van der Waals surface area contributed by atoms with E-state index in [1.165, 1.54) is 392 Å². The minimum Gasteiger partial charge on any atom is -0.462 e. The number of esters is 2. The summed E-state index contributed by atoms with van der Waals surface area (Å²) in [7, 11) is 0. The van der Waals surface area contributed by atoms with Crippen LogP contribution in [-0.2, 0) is 19.1 Å². The van der Waals surface area contributed by atoms with Crippen molar-refractivity contribution in [1.82, 2.24) is 0 Å². The van der Waals surface area contributed by atoms with Crippen LogP contribution in [0.2, 0.25) is 0 Å². The Morgan fingerprint density at radius 2 is 0.444 bits per heavy atom. The first kappa shape index (κ1) is 87.9. The highest BCUT2D eigenvalue weighted by Crippen LogP contribution is 2.20. The number of allylic oxidation sites excluding steroid dienone is 8. The van der Waals surface area contributed by atoms with Crippen molar-refractivity contribution in [3.05, 3.63) is 48.6 Å². The highest BCUT2D eigenvalue weighted by atomic mass is 16.6. The van der Waals surface area contributed by atoms with E-state index in [-0.39, 0.29) is 25.2 Å². The van der Waals surface area contributed by atoms with E-state index in [1.54, 1.807) is 0 Å². The number of hydrogen-bond acceptors (Lipinski definition) is 5. The molecule has 0 aliphatic carbocycles. The van der Waals surface area contributed by atoms with Gasteiger partial charge in [0.1, 0.15) is 6.61 Å². The van der Waals surface area contributed by atoms with Crippen LogP contribution in [-0.4, -0.2) is 36.4 Å². The molecule has 0 amide bonds. The van der Waals surface area contributed by atoms with Crippen molar-refractivity contribution in [1.29, 1.82) is 0 Å². The lowest BCUT2D eigenvalue weighted by molar-refractivity contribution is -0.161. The van der Waals surface area contributed by atoms with Gasteiger partial charge in [0.05, 0.1) is 6.61 Å². The molecular formula is C85H160O5. The van der Waals surface area contributed by atoms with E-state index >= 15 is 0 Å². The van der Waals surface area contributed by atoms with Crippen molar-refractivity contribution in [2.75, 3.05) is 13.2 Å². The fourth-order valence-corrected chi connectivity index (χ4v) is 12.9. The molecule has 1 atom stereocenters. The van der Waals surface area contributed by atoms with Gasteiger partial charge in [-0.15, -0.1) is 0 Å². The number of carbonyl (C=O) groups is 2. The average Bonchev–Trinajstić information content (AvgIpc) is 3.60. The Bertz CT molecular complexity index is 1480. The van der Waals surface area contributed by atoms with Crippen LogP contribution in [0.4, 0.5) is 0 Å². The number of unbranched alkanes of at least 4 members (excludes halogenated alkanes) is 62. The van der Waals surface area contributed by atoms with Crippen molar-refractivity contribution < 1.29 is 24.2 Å². The Morgan fingerprint density at radius 3 is 0.678 bits per heavy atom. The molecule has 0 aromatic carbocycles. The zero-order valence-corrected chi connectivity index (χ0v) is 61.2. The molecule has 0 fully saturated rings. The molecule has 0 spiro atoms. The third kappa shape index (κ3) is 78.3. The lowest BCUT2D eigenvalue weighted by Gasteiger charge is -2.15. The van der Waals surface area contributed by atoms with Gasteiger partial charge in [-0.1, -0.05) is 422 Å². The highest BCUT2D eigenvalue weighted by Gasteiger charge is 2.16. The topological polar surface area (TPSA) is 72.8 Å². The second-order valence-electron chi connectivity index (χ2n) is 28.2. The molecule has 0 rings (SSSR count). The lowest BCUT2D eigenvalue weighted by Crippen LogP contribution is -2.28. The van der Waals surface area contributed by atoms with Gasteiger partial charge in [-0.25, -0.2) is 0 Å². The van der Waals surface area contributed by atoms with E-state index in [0.29, 0.717) is 12.8 Å². The number of ether oxygens (including phenoxy) is 2. The molecular weight excluding hydrogens is 1100 g/mol. The van der Waals surface area contributed by atoms with Crippen molar-refractivity contribution in [3.63, 3.8) is 0 Å². The molecule has 0 aliphatic heterocycles. The molecule has 5 heteroatoms. The maximum atomic E-state index is 12.4. The first-order chi connectivity index (χ1) is 44.6. The Labute approximate surface area is 564 Å². The summed E-state index contributed by atoms with van der Waals surface area (Å²) in [6.07, 6.45) is 111. The summed E-state index contributed by atoms with van der Waals surface area (Å²) >= 11 is 0. The lowest BCUT2D eigenvalue weighted by atomic mass is 10.0. The second kappa shape index (κ2) is 81.1. The standard InChI is InChI=1S/C85H160O5/c1-3-5-7-9-11-13-15-17-19-21-23-25-27-29-31-33-35-37-39-40-41-42-43-44-46-48-50-52-54-56-58-60-62-64-66-68-70-72-74-76-78-80-85(88)90-83(81-86)82-89-84(87)79-77-75-73-71-69-67-65-63-61-59-57-55-53-51-49-47-45-38-36-34-32-30-28-26-24-22-20-18-16-14-12-10-8-6-4-2/h15,17,21-24,27,29,83,86H,3-14,16,18-20,25-26,28,30-82H2,1-2H3/b17-15-,23-21-,24-22-,29-27-. The molecule has 0 aromatic rings. The number of hydrogen-bond donors (Lipinski definition) is 1. The van der Waals surface area contributed by atoms with Crippen LogP contribution in [0.3, 0.4) is 0 Å². The van der Waals surface area contributed by atoms with Gasteiger partial charge >= 0.3 is 11.9 Å². The number of rotatable bonds is 78. The van der Waals surface area contributed by atoms with Gasteiger partial charge in [0.2, 0.25) is 0 Å². The fourth-order valence-electron chi connectivity index (χ4n) is 12.9. The van der Waals surface area contributed by atoms with Crippen molar-refractivity contribution >= 4 is 11.9 Å². The van der Waals surface area contributed by atoms with Gasteiger partial charge < -0.3 is 14.6 Å². The largest absolute Gasteiger partial charge is 0.462 e. The van der Waals surface area contributed by atoms with Crippen LogP contribution < -0.4 is 0 Å². The minimum atomic E-state index is -0.770. The first-order valence-electron chi connectivity index (χ1n) is 41.2.